The topological polar surface area (TPSA) is 101 Å². The molecule has 8 nitrogen and oxygen atoms in total. The van der Waals surface area contributed by atoms with Crippen LogP contribution in [0.1, 0.15) is 35.8 Å². The lowest BCUT2D eigenvalue weighted by Crippen LogP contribution is -2.36. The maximum Gasteiger partial charge on any atom is 0.328 e. The number of halogens is 2. The molecule has 10 heteroatoms. The summed E-state index contributed by atoms with van der Waals surface area (Å²) in [5.74, 6) is -1.72. The van der Waals surface area contributed by atoms with Gasteiger partial charge in [-0.15, -0.1) is 0 Å². The van der Waals surface area contributed by atoms with Gasteiger partial charge in [0.25, 0.3) is 5.91 Å². The fourth-order valence-corrected chi connectivity index (χ4v) is 4.01. The molecule has 4 aromatic rings. The zero-order valence-electron chi connectivity index (χ0n) is 20.8. The third-order valence-corrected chi connectivity index (χ3v) is 6.37. The Kier molecular flexibility index (Phi) is 8.55. The van der Waals surface area contributed by atoms with E-state index in [1.165, 1.54) is 4.68 Å². The van der Waals surface area contributed by atoms with E-state index in [2.05, 4.69) is 23.0 Å². The molecule has 3 aromatic carbocycles. The number of nitrogens with zero attached hydrogens (tertiary/aromatic N) is 1. The molecule has 0 atom stereocenters. The Morgan fingerprint density at radius 2 is 1.61 bits per heavy atom. The predicted molar refractivity (Wildman–Crippen MR) is 151 cm³/mol. The molecule has 3 N–H and O–H groups in total. The van der Waals surface area contributed by atoms with Crippen LogP contribution >= 0.6 is 23.2 Å². The SMILES string of the molecule is CCCCOc1ccc(NC(=O)C(=O)Nn2c(C(=O)Nc3ccc(C)c(Cl)c3)cc3cc(Cl)ccc32)cc1. The van der Waals surface area contributed by atoms with Crippen molar-refractivity contribution in [1.29, 1.82) is 0 Å². The number of nitrogens with one attached hydrogen (secondary N) is 3. The second kappa shape index (κ2) is 12.0. The maximum absolute atomic E-state index is 13.2. The zero-order chi connectivity index (χ0) is 27.2. The molecule has 0 saturated carbocycles. The number of ether oxygens (including phenoxy) is 1. The Labute approximate surface area is 229 Å². The molecule has 4 rings (SSSR count). The number of benzene rings is 3. The lowest BCUT2D eigenvalue weighted by Gasteiger charge is -2.13. The van der Waals surface area contributed by atoms with Gasteiger partial charge in [-0.05, 0) is 79.6 Å². The van der Waals surface area contributed by atoms with Crippen molar-refractivity contribution < 1.29 is 19.1 Å². The number of hydrogen-bond acceptors (Lipinski definition) is 4. The van der Waals surface area contributed by atoms with Gasteiger partial charge in [0.05, 0.1) is 12.1 Å². The van der Waals surface area contributed by atoms with E-state index in [4.69, 9.17) is 27.9 Å². The molecule has 0 aliphatic carbocycles. The summed E-state index contributed by atoms with van der Waals surface area (Å²) < 4.78 is 6.87. The average molecular weight is 553 g/mol. The van der Waals surface area contributed by atoms with Crippen LogP contribution < -0.4 is 20.8 Å². The van der Waals surface area contributed by atoms with E-state index in [0.717, 1.165) is 18.4 Å². The second-order valence-electron chi connectivity index (χ2n) is 8.61. The summed E-state index contributed by atoms with van der Waals surface area (Å²) in [6.45, 7) is 4.54. The van der Waals surface area contributed by atoms with Gasteiger partial charge in [0.15, 0.2) is 0 Å². The van der Waals surface area contributed by atoms with E-state index in [0.29, 0.717) is 44.7 Å². The Balaban J connectivity index is 1.52. The largest absolute Gasteiger partial charge is 0.494 e. The van der Waals surface area contributed by atoms with E-state index < -0.39 is 17.7 Å². The number of hydrogen-bond donors (Lipinski definition) is 3. The normalized spacial score (nSPS) is 10.7. The van der Waals surface area contributed by atoms with Crippen LogP contribution in [0.3, 0.4) is 0 Å². The minimum absolute atomic E-state index is 0.0914. The Morgan fingerprint density at radius 3 is 2.32 bits per heavy atom. The van der Waals surface area contributed by atoms with Crippen molar-refractivity contribution in [2.24, 2.45) is 0 Å². The Bertz CT molecular complexity index is 1500. The number of carbonyl (C=O) groups is 3. The summed E-state index contributed by atoms with van der Waals surface area (Å²) in [4.78, 5) is 38.7. The summed E-state index contributed by atoms with van der Waals surface area (Å²) in [5.41, 5.74) is 4.86. The van der Waals surface area contributed by atoms with Gasteiger partial charge < -0.3 is 15.4 Å². The molecule has 0 unspecified atom stereocenters. The first-order chi connectivity index (χ1) is 18.2. The number of anilines is 2. The molecule has 0 spiro atoms. The summed E-state index contributed by atoms with van der Waals surface area (Å²) in [6, 6.07) is 18.3. The van der Waals surface area contributed by atoms with Crippen LogP contribution in [-0.4, -0.2) is 29.0 Å². The van der Waals surface area contributed by atoms with E-state index in [1.54, 1.807) is 66.7 Å². The van der Waals surface area contributed by atoms with Gasteiger partial charge in [0, 0.05) is 26.8 Å². The van der Waals surface area contributed by atoms with Crippen LogP contribution in [0.2, 0.25) is 10.0 Å². The van der Waals surface area contributed by atoms with Gasteiger partial charge in [0.1, 0.15) is 11.4 Å². The number of aromatic nitrogens is 1. The molecule has 196 valence electrons. The maximum atomic E-state index is 13.2. The predicted octanol–water partition coefficient (Wildman–Crippen LogP) is 6.40. The summed E-state index contributed by atoms with van der Waals surface area (Å²) >= 11 is 12.3. The molecule has 38 heavy (non-hydrogen) atoms. The highest BCUT2D eigenvalue weighted by atomic mass is 35.5. The Hall–Kier alpha value is -4.01. The number of rotatable bonds is 8. The van der Waals surface area contributed by atoms with Gasteiger partial charge >= 0.3 is 11.8 Å². The van der Waals surface area contributed by atoms with Gasteiger partial charge in [-0.25, -0.2) is 4.68 Å². The molecule has 0 radical (unpaired) electrons. The fraction of sp³-hybridized carbons (Fsp3) is 0.179. The molecule has 1 heterocycles. The first-order valence-electron chi connectivity index (χ1n) is 12.0. The van der Waals surface area contributed by atoms with Crippen LogP contribution in [0.5, 0.6) is 5.75 Å². The summed E-state index contributed by atoms with van der Waals surface area (Å²) in [7, 11) is 0. The molecule has 3 amide bonds. The highest BCUT2D eigenvalue weighted by Crippen LogP contribution is 2.25. The minimum atomic E-state index is -0.965. The first kappa shape index (κ1) is 27.0. The van der Waals surface area contributed by atoms with Crippen molar-refractivity contribution in [2.45, 2.75) is 26.7 Å². The number of fused-ring (bicyclic) bond motifs is 1. The van der Waals surface area contributed by atoms with E-state index >= 15 is 0 Å². The van der Waals surface area contributed by atoms with Crippen molar-refractivity contribution in [1.82, 2.24) is 4.68 Å². The van der Waals surface area contributed by atoms with Crippen LogP contribution in [0, 0.1) is 6.92 Å². The summed E-state index contributed by atoms with van der Waals surface area (Å²) in [5, 5.41) is 6.87. The first-order valence-corrected chi connectivity index (χ1v) is 12.7. The van der Waals surface area contributed by atoms with Gasteiger partial charge in [-0.3, -0.25) is 19.8 Å². The van der Waals surface area contributed by atoms with Crippen LogP contribution in [0.25, 0.3) is 10.9 Å². The van der Waals surface area contributed by atoms with Gasteiger partial charge in [-0.2, -0.15) is 0 Å². The minimum Gasteiger partial charge on any atom is -0.494 e. The van der Waals surface area contributed by atoms with Gasteiger partial charge in [-0.1, -0.05) is 42.6 Å². The number of unbranched alkanes of at least 4 members (excludes halogenated alkanes) is 1. The van der Waals surface area contributed by atoms with Crippen LogP contribution in [0.4, 0.5) is 11.4 Å². The smallest absolute Gasteiger partial charge is 0.328 e. The van der Waals surface area contributed by atoms with Crippen molar-refractivity contribution in [3.63, 3.8) is 0 Å². The highest BCUT2D eigenvalue weighted by molar-refractivity contribution is 6.42. The fourth-order valence-electron chi connectivity index (χ4n) is 3.65. The summed E-state index contributed by atoms with van der Waals surface area (Å²) in [6.07, 6.45) is 1.97. The number of carbonyl (C=O) groups excluding carboxylic acids is 3. The Morgan fingerprint density at radius 1 is 0.868 bits per heavy atom. The average Bonchev–Trinajstić information content (AvgIpc) is 3.24. The quantitative estimate of drug-likeness (QED) is 0.174. The zero-order valence-corrected chi connectivity index (χ0v) is 22.3. The van der Waals surface area contributed by atoms with Gasteiger partial charge in [0.2, 0.25) is 0 Å². The standard InChI is InChI=1S/C28H26Cl2N4O4/c1-3-4-13-38-22-10-8-20(9-11-22)31-27(36)28(37)33-34-24-12-6-19(29)14-18(24)15-25(34)26(35)32-21-7-5-17(2)23(30)16-21/h5-12,14-16H,3-4,13H2,1-2H3,(H,31,36)(H,32,35)(H,33,37). The lowest BCUT2D eigenvalue weighted by atomic mass is 10.2. The molecule has 0 aliphatic heterocycles. The van der Waals surface area contributed by atoms with E-state index in [1.807, 2.05) is 6.92 Å². The molecular weight excluding hydrogens is 527 g/mol. The number of amides is 3. The van der Waals surface area contributed by atoms with E-state index in [9.17, 15) is 14.4 Å². The molecule has 0 fully saturated rings. The molecule has 0 saturated heterocycles. The molecule has 0 bridgehead atoms. The number of aryl methyl sites for hydroxylation is 1. The highest BCUT2D eigenvalue weighted by Gasteiger charge is 2.21. The third kappa shape index (κ3) is 6.45. The van der Waals surface area contributed by atoms with Crippen LogP contribution in [-0.2, 0) is 9.59 Å². The second-order valence-corrected chi connectivity index (χ2v) is 9.45. The van der Waals surface area contributed by atoms with Crippen molar-refractivity contribution in [2.75, 3.05) is 22.7 Å². The third-order valence-electron chi connectivity index (χ3n) is 5.72. The molecule has 0 aliphatic rings. The lowest BCUT2D eigenvalue weighted by molar-refractivity contribution is -0.133. The van der Waals surface area contributed by atoms with Crippen molar-refractivity contribution in [3.05, 3.63) is 88.0 Å². The monoisotopic (exact) mass is 552 g/mol. The van der Waals surface area contributed by atoms with Crippen molar-refractivity contribution >= 4 is 63.2 Å². The van der Waals surface area contributed by atoms with E-state index in [-0.39, 0.29) is 5.69 Å². The van der Waals surface area contributed by atoms with Crippen LogP contribution in [0.15, 0.2) is 66.7 Å². The molecular formula is C28H26Cl2N4O4. The molecule has 1 aromatic heterocycles. The van der Waals surface area contributed by atoms with Crippen molar-refractivity contribution in [3.8, 4) is 5.75 Å².